The number of anilines is 1. The second-order valence-corrected chi connectivity index (χ2v) is 3.97. The van der Waals surface area contributed by atoms with E-state index in [0.29, 0.717) is 27.9 Å². The van der Waals surface area contributed by atoms with E-state index in [1.54, 1.807) is 42.5 Å². The molecule has 3 rings (SSSR count). The molecule has 0 radical (unpaired) electrons. The molecule has 0 saturated carbocycles. The third-order valence-corrected chi connectivity index (χ3v) is 2.98. The molecule has 0 spiro atoms. The fourth-order valence-corrected chi connectivity index (χ4v) is 2.17. The highest BCUT2D eigenvalue weighted by Crippen LogP contribution is 2.30. The first-order chi connectivity index (χ1) is 9.20. The van der Waals surface area contributed by atoms with E-state index in [0.717, 1.165) is 0 Å². The molecular weight excluding hydrogens is 308 g/mol. The molecule has 2 aromatic carbocycles. The zero-order chi connectivity index (χ0) is 14.0. The highest BCUT2D eigenvalue weighted by molar-refractivity contribution is 9.07. The summed E-state index contributed by atoms with van der Waals surface area (Å²) >= 11 is 2.44. The van der Waals surface area contributed by atoms with Gasteiger partial charge in [-0.15, -0.1) is 0 Å². The van der Waals surface area contributed by atoms with E-state index in [2.05, 4.69) is 20.9 Å². The number of rotatable bonds is 0. The van der Waals surface area contributed by atoms with Crippen LogP contribution in [-0.4, -0.2) is 11.6 Å². The maximum Gasteiger partial charge on any atom is 0.196 e. The average molecular weight is 319 g/mol. The van der Waals surface area contributed by atoms with E-state index >= 15 is 0 Å². The van der Waals surface area contributed by atoms with Crippen LogP contribution in [-0.2, 0) is 0 Å². The molecule has 96 valence electrons. The van der Waals surface area contributed by atoms with Gasteiger partial charge in [-0.3, -0.25) is 14.3 Å². The minimum Gasteiger partial charge on any atom is -0.398 e. The number of carbonyl (C=O) groups is 2. The Morgan fingerprint density at radius 3 is 1.89 bits per heavy atom. The van der Waals surface area contributed by atoms with Gasteiger partial charge in [-0.25, -0.2) is 0 Å². The minimum absolute atomic E-state index is 0.137. The number of ketones is 2. The molecule has 19 heavy (non-hydrogen) atoms. The molecule has 1 aliphatic carbocycles. The molecule has 1 aliphatic rings. The van der Waals surface area contributed by atoms with E-state index in [4.69, 9.17) is 5.73 Å². The number of carbonyl (C=O) groups excluding carboxylic acids is 2. The summed E-state index contributed by atoms with van der Waals surface area (Å²) in [6.07, 6.45) is 0. The van der Waals surface area contributed by atoms with Crippen molar-refractivity contribution < 1.29 is 9.59 Å². The zero-order valence-corrected chi connectivity index (χ0v) is 11.5. The third-order valence-electron chi connectivity index (χ3n) is 2.98. The first-order valence-electron chi connectivity index (χ1n) is 5.49. The van der Waals surface area contributed by atoms with Crippen molar-refractivity contribution in [1.82, 2.24) is 0 Å². The number of benzene rings is 2. The van der Waals surface area contributed by atoms with Gasteiger partial charge in [0.15, 0.2) is 11.6 Å². The summed E-state index contributed by atoms with van der Waals surface area (Å²) in [4.78, 5) is 24.4. The maximum atomic E-state index is 12.2. The number of halogens is 1. The van der Waals surface area contributed by atoms with Crippen LogP contribution in [0, 0.1) is 0 Å². The van der Waals surface area contributed by atoms with Crippen molar-refractivity contribution in [3.05, 3.63) is 64.7 Å². The van der Waals surface area contributed by atoms with Gasteiger partial charge in [0, 0.05) is 38.5 Å². The smallest absolute Gasteiger partial charge is 0.196 e. The fourth-order valence-electron chi connectivity index (χ4n) is 2.17. The number of nitrogen functional groups attached to an aromatic ring is 1. The molecule has 0 amide bonds. The summed E-state index contributed by atoms with van der Waals surface area (Å²) in [6, 6.07) is 11.8. The van der Waals surface area contributed by atoms with Crippen LogP contribution in [0.5, 0.6) is 0 Å². The highest BCUT2D eigenvalue weighted by Gasteiger charge is 2.30. The molecule has 2 aromatic rings. The number of nitrogens with two attached hydrogens (primary N) is 2. The number of hydrogen-bond acceptors (Lipinski definition) is 4. The van der Waals surface area contributed by atoms with Gasteiger partial charge >= 0.3 is 0 Å². The summed E-state index contributed by atoms with van der Waals surface area (Å²) in [5.41, 5.74) is 7.75. The topological polar surface area (TPSA) is 86.2 Å². The zero-order valence-electron chi connectivity index (χ0n) is 9.89. The van der Waals surface area contributed by atoms with Crippen LogP contribution >= 0.6 is 16.1 Å². The van der Waals surface area contributed by atoms with Crippen molar-refractivity contribution in [2.24, 2.45) is 4.76 Å². The molecule has 0 bridgehead atoms. The van der Waals surface area contributed by atoms with Crippen LogP contribution in [0.15, 0.2) is 42.5 Å². The SMILES string of the molecule is NBr.Nc1cccc2c1C(=O)c1ccccc1C2=O. The summed E-state index contributed by atoms with van der Waals surface area (Å²) in [5, 5.41) is 0. The Bertz CT molecular complexity index is 668. The van der Waals surface area contributed by atoms with Crippen molar-refractivity contribution in [2.45, 2.75) is 0 Å². The van der Waals surface area contributed by atoms with Crippen LogP contribution in [0.4, 0.5) is 5.69 Å². The maximum absolute atomic E-state index is 12.2. The lowest BCUT2D eigenvalue weighted by Gasteiger charge is -2.18. The largest absolute Gasteiger partial charge is 0.398 e. The molecule has 4 N–H and O–H groups in total. The molecule has 0 aromatic heterocycles. The first kappa shape index (κ1) is 13.5. The number of hydrogen-bond donors (Lipinski definition) is 2. The van der Waals surface area contributed by atoms with E-state index in [1.165, 1.54) is 0 Å². The van der Waals surface area contributed by atoms with Crippen LogP contribution in [0.3, 0.4) is 0 Å². The van der Waals surface area contributed by atoms with Gasteiger partial charge in [0.1, 0.15) is 0 Å². The van der Waals surface area contributed by atoms with E-state index in [-0.39, 0.29) is 11.6 Å². The molecule has 4 nitrogen and oxygen atoms in total. The Morgan fingerprint density at radius 1 is 0.737 bits per heavy atom. The Kier molecular flexibility index (Phi) is 3.78. The number of fused-ring (bicyclic) bond motifs is 2. The first-order valence-corrected chi connectivity index (χ1v) is 6.40. The van der Waals surface area contributed by atoms with Crippen LogP contribution in [0.25, 0.3) is 0 Å². The van der Waals surface area contributed by atoms with Gasteiger partial charge in [-0.2, -0.15) is 0 Å². The monoisotopic (exact) mass is 318 g/mol. The molecule has 0 saturated heterocycles. The van der Waals surface area contributed by atoms with Gasteiger partial charge in [0.2, 0.25) is 0 Å². The van der Waals surface area contributed by atoms with Crippen LogP contribution in [0.2, 0.25) is 0 Å². The molecule has 0 unspecified atom stereocenters. The van der Waals surface area contributed by atoms with Gasteiger partial charge in [0.25, 0.3) is 0 Å². The Labute approximate surface area is 118 Å². The quantitative estimate of drug-likeness (QED) is 0.492. The summed E-state index contributed by atoms with van der Waals surface area (Å²) in [7, 11) is 0. The van der Waals surface area contributed by atoms with E-state index < -0.39 is 0 Å². The van der Waals surface area contributed by atoms with Gasteiger partial charge < -0.3 is 5.73 Å². The van der Waals surface area contributed by atoms with Crippen molar-refractivity contribution in [1.29, 1.82) is 0 Å². The van der Waals surface area contributed by atoms with Gasteiger partial charge in [0.05, 0.1) is 5.56 Å². The summed E-state index contributed by atoms with van der Waals surface area (Å²) < 4.78 is 4.31. The third kappa shape index (κ3) is 2.07. The van der Waals surface area contributed by atoms with E-state index in [1.807, 2.05) is 0 Å². The molecular formula is C14H11BrN2O2. The van der Waals surface area contributed by atoms with E-state index in [9.17, 15) is 9.59 Å². The Morgan fingerprint density at radius 2 is 1.26 bits per heavy atom. The van der Waals surface area contributed by atoms with Gasteiger partial charge in [-0.05, 0) is 6.07 Å². The minimum atomic E-state index is -0.173. The van der Waals surface area contributed by atoms with Crippen molar-refractivity contribution in [2.75, 3.05) is 5.73 Å². The Hall–Kier alpha value is -1.98. The molecule has 0 heterocycles. The van der Waals surface area contributed by atoms with Crippen LogP contribution < -0.4 is 10.5 Å². The van der Waals surface area contributed by atoms with Crippen molar-refractivity contribution in [3.8, 4) is 0 Å². The second kappa shape index (κ2) is 5.34. The lowest BCUT2D eigenvalue weighted by molar-refractivity contribution is 0.0979. The molecule has 0 fully saturated rings. The predicted molar refractivity (Wildman–Crippen MR) is 77.3 cm³/mol. The standard InChI is InChI=1S/C14H9NO2.BrH2N/c15-11-7-3-6-10-12(11)14(17)9-5-2-1-4-8(9)13(10)16;1-2/h1-7H,15H2;2H2. The normalized spacial score (nSPS) is 12.1. The fraction of sp³-hybridized carbons (Fsp3) is 0. The Balaban J connectivity index is 0.000000637. The van der Waals surface area contributed by atoms with Crippen LogP contribution in [0.1, 0.15) is 31.8 Å². The lowest BCUT2D eigenvalue weighted by atomic mass is 9.83. The summed E-state index contributed by atoms with van der Waals surface area (Å²) in [6.45, 7) is 0. The van der Waals surface area contributed by atoms with Crippen molar-refractivity contribution >= 4 is 33.4 Å². The second-order valence-electron chi connectivity index (χ2n) is 3.97. The highest BCUT2D eigenvalue weighted by atomic mass is 79.9. The summed E-state index contributed by atoms with van der Waals surface area (Å²) in [5.74, 6) is -0.309. The van der Waals surface area contributed by atoms with Crippen molar-refractivity contribution in [3.63, 3.8) is 0 Å². The molecule has 0 aliphatic heterocycles. The lowest BCUT2D eigenvalue weighted by Crippen LogP contribution is -2.22. The van der Waals surface area contributed by atoms with Gasteiger partial charge in [-0.1, -0.05) is 36.4 Å². The molecule has 5 heteroatoms. The average Bonchev–Trinajstić information content (AvgIpc) is 2.47. The predicted octanol–water partition coefficient (Wildman–Crippen LogP) is 2.30. The molecule has 0 atom stereocenters.